The predicted octanol–water partition coefficient (Wildman–Crippen LogP) is 1.97. The molecule has 0 fully saturated rings. The maximum atomic E-state index is 11.7. The van der Waals surface area contributed by atoms with Crippen molar-refractivity contribution in [3.8, 4) is 0 Å². The van der Waals surface area contributed by atoms with Crippen LogP contribution < -0.4 is 5.73 Å². The summed E-state index contributed by atoms with van der Waals surface area (Å²) in [7, 11) is -1.34. The molecule has 0 saturated heterocycles. The van der Waals surface area contributed by atoms with Crippen LogP contribution in [0.3, 0.4) is 0 Å². The van der Waals surface area contributed by atoms with E-state index in [-0.39, 0.29) is 12.4 Å². The van der Waals surface area contributed by atoms with Crippen LogP contribution >= 0.6 is 22.9 Å². The van der Waals surface area contributed by atoms with Gasteiger partial charge in [0.15, 0.2) is 0 Å². The second kappa shape index (κ2) is 9.32. The third-order valence-electron chi connectivity index (χ3n) is 4.98. The standard InChI is InChI=1S/C17H26BIN2O4/c19-21-12-14-6-2-1-5-13(14)11-15(21)7-9-17(20,16(22)23)8-3-4-10-18(24)25/h1-2,5-6,15,24-25H,3-4,7-12,20H2,(H,22,23). The van der Waals surface area contributed by atoms with E-state index in [0.29, 0.717) is 25.7 Å². The number of hydrogen-bond acceptors (Lipinski definition) is 5. The Bertz CT molecular complexity index is 590. The molecular formula is C17H26BIN2O4. The normalized spacial score (nSPS) is 19.9. The molecule has 1 aliphatic rings. The fourth-order valence-electron chi connectivity index (χ4n) is 3.33. The van der Waals surface area contributed by atoms with Gasteiger partial charge in [-0.1, -0.05) is 37.1 Å². The highest BCUT2D eigenvalue weighted by Gasteiger charge is 2.35. The van der Waals surface area contributed by atoms with Crippen molar-refractivity contribution in [3.05, 3.63) is 35.4 Å². The van der Waals surface area contributed by atoms with Gasteiger partial charge >= 0.3 is 13.1 Å². The third kappa shape index (κ3) is 5.92. The highest BCUT2D eigenvalue weighted by atomic mass is 127. The molecule has 25 heavy (non-hydrogen) atoms. The highest BCUT2D eigenvalue weighted by Crippen LogP contribution is 2.30. The van der Waals surface area contributed by atoms with Crippen molar-refractivity contribution in [1.82, 2.24) is 3.11 Å². The van der Waals surface area contributed by atoms with Crippen LogP contribution in [0.4, 0.5) is 0 Å². The van der Waals surface area contributed by atoms with E-state index < -0.39 is 18.6 Å². The zero-order valence-corrected chi connectivity index (χ0v) is 16.4. The Morgan fingerprint density at radius 1 is 1.28 bits per heavy atom. The number of carbonyl (C=O) groups is 1. The molecular weight excluding hydrogens is 434 g/mol. The van der Waals surface area contributed by atoms with Crippen molar-refractivity contribution in [2.45, 2.75) is 63.0 Å². The monoisotopic (exact) mass is 460 g/mol. The second-order valence-corrected chi connectivity index (χ2v) is 8.15. The summed E-state index contributed by atoms with van der Waals surface area (Å²) in [4.78, 5) is 11.7. The van der Waals surface area contributed by atoms with E-state index in [1.807, 2.05) is 12.1 Å². The molecule has 0 aliphatic carbocycles. The van der Waals surface area contributed by atoms with Gasteiger partial charge in [-0.05, 0) is 43.1 Å². The number of carboxylic acid groups (broad SMARTS) is 1. The van der Waals surface area contributed by atoms with Gasteiger partial charge in [0.1, 0.15) is 5.54 Å². The van der Waals surface area contributed by atoms with E-state index in [9.17, 15) is 9.90 Å². The summed E-state index contributed by atoms with van der Waals surface area (Å²) in [6.07, 6.45) is 3.77. The zero-order valence-electron chi connectivity index (χ0n) is 14.3. The zero-order chi connectivity index (χ0) is 18.4. The number of nitrogens with zero attached hydrogens (tertiary/aromatic N) is 1. The van der Waals surface area contributed by atoms with Crippen molar-refractivity contribution in [2.75, 3.05) is 0 Å². The number of carboxylic acids is 1. The van der Waals surface area contributed by atoms with Crippen molar-refractivity contribution in [1.29, 1.82) is 0 Å². The Morgan fingerprint density at radius 2 is 1.96 bits per heavy atom. The molecule has 8 heteroatoms. The van der Waals surface area contributed by atoms with Crippen LogP contribution in [-0.4, -0.2) is 42.9 Å². The van der Waals surface area contributed by atoms with Gasteiger partial charge in [-0.3, -0.25) is 4.79 Å². The van der Waals surface area contributed by atoms with E-state index in [1.165, 1.54) is 11.1 Å². The lowest BCUT2D eigenvalue weighted by Crippen LogP contribution is -2.49. The maximum absolute atomic E-state index is 11.7. The summed E-state index contributed by atoms with van der Waals surface area (Å²) in [5, 5.41) is 27.3. The summed E-state index contributed by atoms with van der Waals surface area (Å²) < 4.78 is 2.24. The Morgan fingerprint density at radius 3 is 2.60 bits per heavy atom. The summed E-state index contributed by atoms with van der Waals surface area (Å²) in [5.74, 6) is -0.978. The minimum atomic E-state index is -1.34. The minimum Gasteiger partial charge on any atom is -0.480 e. The van der Waals surface area contributed by atoms with Crippen molar-refractivity contribution in [2.24, 2.45) is 5.73 Å². The first kappa shape index (κ1) is 20.6. The SMILES string of the molecule is NC(CCCCB(O)O)(CCC1Cc2ccccc2CN1I)C(=O)O. The third-order valence-corrected chi connectivity index (χ3v) is 6.11. The lowest BCUT2D eigenvalue weighted by atomic mass is 9.80. The molecule has 0 amide bonds. The number of rotatable bonds is 9. The number of nitrogens with two attached hydrogens (primary N) is 1. The molecule has 1 heterocycles. The van der Waals surface area contributed by atoms with Gasteiger partial charge in [0.25, 0.3) is 0 Å². The predicted molar refractivity (Wildman–Crippen MR) is 106 cm³/mol. The van der Waals surface area contributed by atoms with Gasteiger partial charge in [0.05, 0.1) is 0 Å². The van der Waals surface area contributed by atoms with E-state index in [1.54, 1.807) is 0 Å². The van der Waals surface area contributed by atoms with Crippen molar-refractivity contribution < 1.29 is 19.9 Å². The molecule has 0 saturated carbocycles. The number of hydrogen-bond donors (Lipinski definition) is 4. The minimum absolute atomic E-state index is 0.247. The Hall–Kier alpha value is -0.675. The molecule has 0 radical (unpaired) electrons. The highest BCUT2D eigenvalue weighted by molar-refractivity contribution is 14.1. The molecule has 1 aromatic carbocycles. The summed E-state index contributed by atoms with van der Waals surface area (Å²) in [6.45, 7) is 0.862. The van der Waals surface area contributed by atoms with Crippen LogP contribution in [-0.2, 0) is 17.8 Å². The Labute approximate surface area is 163 Å². The maximum Gasteiger partial charge on any atom is 0.451 e. The lowest BCUT2D eigenvalue weighted by Gasteiger charge is -2.34. The summed E-state index contributed by atoms with van der Waals surface area (Å²) >= 11 is 2.32. The summed E-state index contributed by atoms with van der Waals surface area (Å²) in [6, 6.07) is 8.63. The largest absolute Gasteiger partial charge is 0.480 e. The molecule has 6 nitrogen and oxygen atoms in total. The molecule has 0 aromatic heterocycles. The number of halogens is 1. The molecule has 2 rings (SSSR count). The van der Waals surface area contributed by atoms with Gasteiger partial charge in [0.2, 0.25) is 0 Å². The van der Waals surface area contributed by atoms with E-state index in [4.69, 9.17) is 15.8 Å². The average molecular weight is 460 g/mol. The van der Waals surface area contributed by atoms with Crippen LogP contribution in [0.5, 0.6) is 0 Å². The van der Waals surface area contributed by atoms with E-state index >= 15 is 0 Å². The van der Waals surface area contributed by atoms with Gasteiger partial charge < -0.3 is 20.9 Å². The first-order valence-corrected chi connectivity index (χ1v) is 9.66. The lowest BCUT2D eigenvalue weighted by molar-refractivity contribution is -0.144. The molecule has 0 spiro atoms. The Kier molecular flexibility index (Phi) is 7.69. The fraction of sp³-hybridized carbons (Fsp3) is 0.588. The number of fused-ring (bicyclic) bond motifs is 1. The molecule has 138 valence electrons. The fourth-order valence-corrected chi connectivity index (χ4v) is 4.17. The summed E-state index contributed by atoms with van der Waals surface area (Å²) in [5.41, 5.74) is 7.57. The van der Waals surface area contributed by atoms with Crippen LogP contribution in [0.1, 0.15) is 43.2 Å². The number of aliphatic carboxylic acids is 1. The van der Waals surface area contributed by atoms with Crippen LogP contribution in [0.2, 0.25) is 6.32 Å². The first-order valence-electron chi connectivity index (χ1n) is 8.69. The molecule has 2 unspecified atom stereocenters. The molecule has 2 atom stereocenters. The molecule has 1 aliphatic heterocycles. The average Bonchev–Trinajstić information content (AvgIpc) is 2.56. The van der Waals surface area contributed by atoms with Crippen molar-refractivity contribution in [3.63, 3.8) is 0 Å². The van der Waals surface area contributed by atoms with Gasteiger partial charge in [-0.2, -0.15) is 0 Å². The number of unbranched alkanes of at least 4 members (excludes halogenated alkanes) is 1. The van der Waals surface area contributed by atoms with Gasteiger partial charge in [-0.25, -0.2) is 3.11 Å². The second-order valence-electron chi connectivity index (χ2n) is 6.91. The van der Waals surface area contributed by atoms with Gasteiger partial charge in [0, 0.05) is 35.5 Å². The van der Waals surface area contributed by atoms with Crippen LogP contribution in [0.25, 0.3) is 0 Å². The molecule has 5 N–H and O–H groups in total. The van der Waals surface area contributed by atoms with E-state index in [0.717, 1.165) is 19.4 Å². The molecule has 1 aromatic rings. The first-order chi connectivity index (χ1) is 11.8. The molecule has 0 bridgehead atoms. The Balaban J connectivity index is 1.91. The van der Waals surface area contributed by atoms with Crippen molar-refractivity contribution >= 4 is 36.0 Å². The van der Waals surface area contributed by atoms with Gasteiger partial charge in [-0.15, -0.1) is 0 Å². The smallest absolute Gasteiger partial charge is 0.451 e. The van der Waals surface area contributed by atoms with E-state index in [2.05, 4.69) is 38.1 Å². The van der Waals surface area contributed by atoms with Crippen LogP contribution in [0, 0.1) is 0 Å². The quantitative estimate of drug-likeness (QED) is 0.194. The van der Waals surface area contributed by atoms with Crippen LogP contribution in [0.15, 0.2) is 24.3 Å². The number of benzene rings is 1. The topological polar surface area (TPSA) is 107 Å².